The van der Waals surface area contributed by atoms with E-state index in [4.69, 9.17) is 15.7 Å². The second kappa shape index (κ2) is 30.7. The molecule has 346 valence electrons. The molecule has 29 nitrogen and oxygen atoms in total. The third-order valence-electron chi connectivity index (χ3n) is 7.33. The maximum atomic E-state index is 12.7. The third-order valence-corrected chi connectivity index (χ3v) is 13.2. The van der Waals surface area contributed by atoms with Gasteiger partial charge in [0, 0.05) is 13.0 Å². The van der Waals surface area contributed by atoms with Gasteiger partial charge in [0.15, 0.2) is 56.0 Å². The Morgan fingerprint density at radius 2 is 1.04 bits per heavy atom. The Morgan fingerprint density at radius 3 is 1.53 bits per heavy atom. The van der Waals surface area contributed by atoms with Gasteiger partial charge in [-0.15, -0.1) is 34.2 Å². The number of hydrogen-bond acceptors (Lipinski definition) is 30. The van der Waals surface area contributed by atoms with E-state index < -0.39 is 113 Å². The van der Waals surface area contributed by atoms with Gasteiger partial charge in [0.2, 0.25) is 5.91 Å². The smallest absolute Gasteiger partial charge is 0.744 e. The minimum atomic E-state index is -5.40. The van der Waals surface area contributed by atoms with E-state index in [-0.39, 0.29) is 171 Å². The number of nitrogens with two attached hydrogens (primary N) is 2. The van der Waals surface area contributed by atoms with Crippen LogP contribution in [0.3, 0.4) is 0 Å². The second-order valence-electron chi connectivity index (χ2n) is 11.6. The van der Waals surface area contributed by atoms with Crippen molar-refractivity contribution in [2.75, 3.05) is 41.5 Å². The van der Waals surface area contributed by atoms with Crippen molar-refractivity contribution in [2.24, 2.45) is 30.7 Å². The average Bonchev–Trinajstić information content (AvgIpc) is 3.21. The molecule has 0 saturated carbocycles. The number of benzene rings is 3. The Bertz CT molecular complexity index is 2910. The SMILES string of the molecule is CC(=O)Nc1cc(N=Nc2cc(N=Nc3ccc(S(=O)(=O)CCOSOO[O-])cc3S(=O)(=O)[O-])c(N)nc2N)c(S(=O)(=O)[O-])cc1N=Nc1ccc(S(=O)(=O)CCOSOO[O-])cc1.[Na+].[Na+].[Na+].[Na+]. The number of amides is 1. The van der Waals surface area contributed by atoms with E-state index in [0.29, 0.717) is 12.1 Å². The molecule has 1 heterocycles. The minimum absolute atomic E-state index is 0. The molecule has 1 aromatic heterocycles. The van der Waals surface area contributed by atoms with E-state index in [1.807, 2.05) is 0 Å². The quantitative estimate of drug-likeness (QED) is 0.0118. The fourth-order valence-corrected chi connectivity index (χ4v) is 8.72. The number of sulfone groups is 2. The summed E-state index contributed by atoms with van der Waals surface area (Å²) in [5.74, 6) is -2.86. The third kappa shape index (κ3) is 20.7. The Morgan fingerprint density at radius 1 is 0.603 bits per heavy atom. The van der Waals surface area contributed by atoms with Gasteiger partial charge in [0.25, 0.3) is 0 Å². The summed E-state index contributed by atoms with van der Waals surface area (Å²) in [4.78, 5) is 13.0. The molecule has 0 atom stereocenters. The molecule has 3 aromatic carbocycles. The van der Waals surface area contributed by atoms with Crippen LogP contribution >= 0.6 is 24.6 Å². The van der Waals surface area contributed by atoms with Gasteiger partial charge >= 0.3 is 118 Å². The van der Waals surface area contributed by atoms with Crippen molar-refractivity contribution in [1.29, 1.82) is 0 Å². The van der Waals surface area contributed by atoms with E-state index in [1.165, 1.54) is 24.3 Å². The van der Waals surface area contributed by atoms with Crippen LogP contribution in [0, 0.1) is 0 Å². The van der Waals surface area contributed by atoms with Crippen molar-refractivity contribution < 1.29 is 203 Å². The van der Waals surface area contributed by atoms with Crippen LogP contribution in [0.25, 0.3) is 0 Å². The van der Waals surface area contributed by atoms with Crippen molar-refractivity contribution in [3.05, 3.63) is 60.7 Å². The summed E-state index contributed by atoms with van der Waals surface area (Å²) in [6.45, 7) is 0.148. The molecule has 0 radical (unpaired) electrons. The Kier molecular flexibility index (Phi) is 30.2. The molecule has 0 aliphatic heterocycles. The van der Waals surface area contributed by atoms with E-state index in [9.17, 15) is 58.1 Å². The summed E-state index contributed by atoms with van der Waals surface area (Å²) < 4.78 is 141. The minimum Gasteiger partial charge on any atom is -0.744 e. The van der Waals surface area contributed by atoms with Crippen LogP contribution in [0.15, 0.2) is 111 Å². The van der Waals surface area contributed by atoms with Crippen molar-refractivity contribution >= 4 is 122 Å². The molecule has 0 unspecified atom stereocenters. The van der Waals surface area contributed by atoms with Crippen molar-refractivity contribution in [3.63, 3.8) is 0 Å². The summed E-state index contributed by atoms with van der Waals surface area (Å²) in [5.41, 5.74) is 9.09. The van der Waals surface area contributed by atoms with E-state index in [1.54, 1.807) is 0 Å². The largest absolute Gasteiger partial charge is 1.00 e. The molecular formula is C29H26N10Na4O19S6. The number of hydrogen-bond donors (Lipinski definition) is 3. The Labute approximate surface area is 483 Å². The number of carbonyl (C=O) groups excluding carboxylic acids is 1. The summed E-state index contributed by atoms with van der Waals surface area (Å²) in [6.07, 6.45) is 0. The number of azo groups is 3. The maximum absolute atomic E-state index is 12.7. The van der Waals surface area contributed by atoms with Crippen molar-refractivity contribution in [1.82, 2.24) is 4.98 Å². The zero-order valence-electron chi connectivity index (χ0n) is 35.6. The van der Waals surface area contributed by atoms with Gasteiger partial charge in [-0.25, -0.2) is 38.7 Å². The summed E-state index contributed by atoms with van der Waals surface area (Å²) in [5, 5.41) is 50.9. The molecule has 1 amide bonds. The van der Waals surface area contributed by atoms with Crippen molar-refractivity contribution in [2.45, 2.75) is 26.5 Å². The Hall–Kier alpha value is -1.22. The van der Waals surface area contributed by atoms with E-state index >= 15 is 0 Å². The molecule has 5 N–H and O–H groups in total. The molecule has 4 rings (SSSR count). The van der Waals surface area contributed by atoms with Crippen LogP contribution in [0.2, 0.25) is 0 Å². The summed E-state index contributed by atoms with van der Waals surface area (Å²) in [7, 11) is -19.0. The monoisotopic (exact) mass is 1100 g/mol. The number of nitrogens with one attached hydrogen (secondary N) is 1. The van der Waals surface area contributed by atoms with Crippen molar-refractivity contribution in [3.8, 4) is 0 Å². The summed E-state index contributed by atoms with van der Waals surface area (Å²) in [6, 6.07) is 9.63. The number of pyridine rings is 1. The van der Waals surface area contributed by atoms with Crippen LogP contribution in [0.1, 0.15) is 6.92 Å². The Balaban J connectivity index is 0.0000112. The van der Waals surface area contributed by atoms with Crippen LogP contribution in [0.5, 0.6) is 0 Å². The molecule has 0 aliphatic carbocycles. The van der Waals surface area contributed by atoms with Gasteiger partial charge in [0.1, 0.15) is 48.7 Å². The normalized spacial score (nSPS) is 12.0. The molecule has 39 heteroatoms. The number of carbonyl (C=O) groups is 1. The van der Waals surface area contributed by atoms with Gasteiger partial charge in [0.05, 0.1) is 55.7 Å². The van der Waals surface area contributed by atoms with Crippen LogP contribution in [0.4, 0.5) is 51.4 Å². The predicted molar refractivity (Wildman–Crippen MR) is 211 cm³/mol. The van der Waals surface area contributed by atoms with Crippen LogP contribution in [-0.2, 0) is 71.8 Å². The molecular weight excluding hydrogens is 1080 g/mol. The fourth-order valence-electron chi connectivity index (χ4n) is 4.56. The molecule has 0 aliphatic rings. The van der Waals surface area contributed by atoms with Gasteiger partial charge in [-0.3, -0.25) is 23.2 Å². The molecule has 68 heavy (non-hydrogen) atoms. The van der Waals surface area contributed by atoms with Crippen LogP contribution in [-0.4, -0.2) is 78.4 Å². The van der Waals surface area contributed by atoms with Gasteiger partial charge in [-0.05, 0) is 54.6 Å². The maximum Gasteiger partial charge on any atom is 1.00 e. The number of nitrogens with zero attached hydrogens (tertiary/aromatic N) is 7. The first-order valence-corrected chi connectivity index (χ1v) is 23.9. The standard InChI is InChI=1S/C29H30N10O19S6.4Na/c1-16(40)32-21-13-23(27(64(50,51)52)15-22(21)36-34-17-2-4-18(5-3-17)61(43,44)10-8-53-59-57-55-41)37-39-25-14-24(28(30)33-29(25)31)38-35-20-7-6-19(12-26(20)63(47,48)49)62(45,46)11-9-54-60-58-56-42;;;;/h2-7,12-15,41-42H,8-11H2,1H3,(H,32,40)(H4,30,31,33)(H,47,48,49)(H,50,51,52);;;;/q;4*+1/p-4. The first kappa shape index (κ1) is 66.8. The fraction of sp³-hybridized carbons (Fsp3) is 0.172. The average molecular weight is 1100 g/mol. The first-order valence-electron chi connectivity index (χ1n) is 16.4. The molecule has 0 saturated heterocycles. The molecule has 0 spiro atoms. The van der Waals surface area contributed by atoms with E-state index in [0.717, 1.165) is 31.2 Å². The van der Waals surface area contributed by atoms with Crippen LogP contribution < -0.4 is 146 Å². The second-order valence-corrected chi connectivity index (χ2v) is 19.6. The van der Waals surface area contributed by atoms with Gasteiger partial charge in [-0.2, -0.15) is 5.11 Å². The number of rotatable bonds is 23. The summed E-state index contributed by atoms with van der Waals surface area (Å²) >= 11 is 0.156. The molecule has 0 bridgehead atoms. The molecule has 4 aromatic rings. The van der Waals surface area contributed by atoms with E-state index in [2.05, 4.69) is 63.9 Å². The van der Waals surface area contributed by atoms with Gasteiger partial charge < -0.3 is 36.4 Å². The predicted octanol–water partition coefficient (Wildman–Crippen LogP) is -9.57. The zero-order chi connectivity index (χ0) is 47.3. The number of anilines is 3. The topological polar surface area (TPSA) is 452 Å². The molecule has 0 fully saturated rings. The number of nitrogen functional groups attached to an aromatic ring is 2. The van der Waals surface area contributed by atoms with Gasteiger partial charge in [-0.1, -0.05) is 0 Å². The zero-order valence-corrected chi connectivity index (χ0v) is 48.5. The number of aromatic nitrogens is 1. The first-order chi connectivity index (χ1) is 30.1.